The molecule has 1 aliphatic carbocycles. The Morgan fingerprint density at radius 3 is 2.90 bits per heavy atom. The van der Waals surface area contributed by atoms with Gasteiger partial charge < -0.3 is 14.6 Å². The number of hydrogen-bond acceptors (Lipinski definition) is 2. The van der Waals surface area contributed by atoms with Gasteiger partial charge in [0.15, 0.2) is 0 Å². The number of piperidine rings is 1. The Morgan fingerprint density at radius 1 is 1.33 bits per heavy atom. The molecule has 3 atom stereocenters. The summed E-state index contributed by atoms with van der Waals surface area (Å²) < 4.78 is 2.19. The minimum atomic E-state index is -0.661. The summed E-state index contributed by atoms with van der Waals surface area (Å²) in [5.41, 5.74) is 4.02. The lowest BCUT2D eigenvalue weighted by Gasteiger charge is -2.44. The summed E-state index contributed by atoms with van der Waals surface area (Å²) in [6.45, 7) is 0.661. The molecule has 2 heterocycles. The maximum atomic E-state index is 11.4. The van der Waals surface area contributed by atoms with Crippen LogP contribution in [0.25, 0.3) is 10.9 Å². The number of carboxylic acids is 1. The first kappa shape index (κ1) is 12.9. The van der Waals surface area contributed by atoms with Crippen LogP contribution in [0.1, 0.15) is 23.5 Å². The van der Waals surface area contributed by atoms with Crippen molar-refractivity contribution < 1.29 is 9.90 Å². The molecule has 0 radical (unpaired) electrons. The number of rotatable bonds is 1. The molecule has 1 fully saturated rings. The van der Waals surface area contributed by atoms with E-state index >= 15 is 0 Å². The van der Waals surface area contributed by atoms with E-state index in [9.17, 15) is 9.90 Å². The van der Waals surface area contributed by atoms with E-state index in [1.807, 2.05) is 0 Å². The topological polar surface area (TPSA) is 45.5 Å². The molecule has 2 aromatic rings. The van der Waals surface area contributed by atoms with E-state index in [0.29, 0.717) is 18.5 Å². The second-order valence-corrected chi connectivity index (χ2v) is 6.60. The quantitative estimate of drug-likeness (QED) is 0.873. The van der Waals surface area contributed by atoms with Crippen LogP contribution in [0.5, 0.6) is 0 Å². The summed E-state index contributed by atoms with van der Waals surface area (Å²) in [5, 5.41) is 10.8. The highest BCUT2D eigenvalue weighted by atomic mass is 16.4. The van der Waals surface area contributed by atoms with Gasteiger partial charge in [-0.2, -0.15) is 0 Å². The maximum absolute atomic E-state index is 11.4. The zero-order valence-corrected chi connectivity index (χ0v) is 12.4. The van der Waals surface area contributed by atoms with Gasteiger partial charge in [-0.1, -0.05) is 12.1 Å². The zero-order valence-electron chi connectivity index (χ0n) is 12.4. The SMILES string of the molecule is CN1C[C@H](C(=O)O)C[C@@H]2c3cccc4c3c(cn4C)C[C@H]21. The molecule has 1 aromatic heterocycles. The van der Waals surface area contributed by atoms with E-state index in [2.05, 4.69) is 48.0 Å². The van der Waals surface area contributed by atoms with Crippen molar-refractivity contribution in [2.24, 2.45) is 13.0 Å². The highest BCUT2D eigenvalue weighted by Crippen LogP contribution is 2.44. The molecule has 1 aliphatic heterocycles. The van der Waals surface area contributed by atoms with Gasteiger partial charge in [-0.05, 0) is 37.1 Å². The number of hydrogen-bond donors (Lipinski definition) is 1. The number of carbonyl (C=O) groups is 1. The number of likely N-dealkylation sites (N-methyl/N-ethyl adjacent to an activating group) is 1. The van der Waals surface area contributed by atoms with Crippen LogP contribution in [-0.2, 0) is 18.3 Å². The van der Waals surface area contributed by atoms with Gasteiger partial charge in [0.1, 0.15) is 0 Å². The third-order valence-corrected chi connectivity index (χ3v) is 5.38. The average molecular weight is 284 g/mol. The Kier molecular flexibility index (Phi) is 2.67. The number of carboxylic acid groups (broad SMARTS) is 1. The standard InChI is InChI=1S/C17H20N2O2/c1-18-8-10-7-15-13(6-11(17(20)21)9-19(15)2)12-4-3-5-14(18)16(10)12/h3-5,8,11,13,15H,6-7,9H2,1-2H3,(H,20,21)/t11-,13-,15-/m1/s1. The first-order valence-electron chi connectivity index (χ1n) is 7.56. The van der Waals surface area contributed by atoms with Crippen LogP contribution in [0.2, 0.25) is 0 Å². The van der Waals surface area contributed by atoms with E-state index < -0.39 is 5.97 Å². The fourth-order valence-corrected chi connectivity index (χ4v) is 4.40. The summed E-state index contributed by atoms with van der Waals surface area (Å²) in [6, 6.07) is 6.89. The summed E-state index contributed by atoms with van der Waals surface area (Å²) in [5.74, 6) is -0.577. The molecule has 110 valence electrons. The van der Waals surface area contributed by atoms with Crippen LogP contribution >= 0.6 is 0 Å². The zero-order chi connectivity index (χ0) is 14.7. The smallest absolute Gasteiger partial charge is 0.307 e. The Bertz CT molecular complexity index is 734. The molecular weight excluding hydrogens is 264 g/mol. The number of likely N-dealkylation sites (tertiary alicyclic amines) is 1. The predicted molar refractivity (Wildman–Crippen MR) is 81.5 cm³/mol. The van der Waals surface area contributed by atoms with Crippen molar-refractivity contribution in [3.63, 3.8) is 0 Å². The van der Waals surface area contributed by atoms with Crippen LogP contribution in [0.15, 0.2) is 24.4 Å². The molecule has 4 rings (SSSR count). The second kappa shape index (κ2) is 4.34. The maximum Gasteiger partial charge on any atom is 0.307 e. The van der Waals surface area contributed by atoms with Crippen LogP contribution in [-0.4, -0.2) is 40.2 Å². The van der Waals surface area contributed by atoms with E-state index in [4.69, 9.17) is 0 Å². The van der Waals surface area contributed by atoms with Gasteiger partial charge in [-0.15, -0.1) is 0 Å². The van der Waals surface area contributed by atoms with Gasteiger partial charge in [0.2, 0.25) is 0 Å². The third-order valence-electron chi connectivity index (χ3n) is 5.38. The molecule has 4 heteroatoms. The van der Waals surface area contributed by atoms with Crippen molar-refractivity contribution in [2.45, 2.75) is 24.8 Å². The molecule has 0 bridgehead atoms. The molecule has 1 N–H and O–H groups in total. The summed E-state index contributed by atoms with van der Waals surface area (Å²) >= 11 is 0. The number of fused-ring (bicyclic) bond motifs is 2. The normalized spacial score (nSPS) is 28.6. The van der Waals surface area contributed by atoms with Crippen molar-refractivity contribution in [3.8, 4) is 0 Å². The number of aryl methyl sites for hydroxylation is 1. The summed E-state index contributed by atoms with van der Waals surface area (Å²) in [7, 11) is 4.16. The average Bonchev–Trinajstić information content (AvgIpc) is 2.78. The lowest BCUT2D eigenvalue weighted by molar-refractivity contribution is -0.144. The van der Waals surface area contributed by atoms with E-state index in [0.717, 1.165) is 12.8 Å². The molecule has 0 amide bonds. The fourth-order valence-electron chi connectivity index (χ4n) is 4.40. The monoisotopic (exact) mass is 284 g/mol. The van der Waals surface area contributed by atoms with Crippen LogP contribution in [0.4, 0.5) is 0 Å². The second-order valence-electron chi connectivity index (χ2n) is 6.60. The molecular formula is C17H20N2O2. The molecule has 1 aromatic carbocycles. The van der Waals surface area contributed by atoms with Gasteiger partial charge in [0.25, 0.3) is 0 Å². The highest BCUT2D eigenvalue weighted by Gasteiger charge is 2.41. The van der Waals surface area contributed by atoms with Crippen molar-refractivity contribution in [1.82, 2.24) is 9.47 Å². The minimum absolute atomic E-state index is 0.253. The Hall–Kier alpha value is -1.81. The van der Waals surface area contributed by atoms with Gasteiger partial charge in [-0.3, -0.25) is 4.79 Å². The Balaban J connectivity index is 1.87. The molecule has 1 saturated heterocycles. The van der Waals surface area contributed by atoms with Crippen molar-refractivity contribution in [1.29, 1.82) is 0 Å². The van der Waals surface area contributed by atoms with Gasteiger partial charge in [0, 0.05) is 42.7 Å². The number of benzene rings is 1. The molecule has 2 aliphatic rings. The van der Waals surface area contributed by atoms with Gasteiger partial charge in [0.05, 0.1) is 5.92 Å². The van der Waals surface area contributed by atoms with Crippen molar-refractivity contribution in [3.05, 3.63) is 35.5 Å². The van der Waals surface area contributed by atoms with Crippen molar-refractivity contribution >= 4 is 16.9 Å². The van der Waals surface area contributed by atoms with Gasteiger partial charge >= 0.3 is 5.97 Å². The lowest BCUT2D eigenvalue weighted by Crippen LogP contribution is -2.49. The lowest BCUT2D eigenvalue weighted by atomic mass is 9.72. The predicted octanol–water partition coefficient (Wildman–Crippen LogP) is 2.22. The summed E-state index contributed by atoms with van der Waals surface area (Å²) in [6.07, 6.45) is 4.03. The van der Waals surface area contributed by atoms with E-state index in [1.165, 1.54) is 22.0 Å². The van der Waals surface area contributed by atoms with Gasteiger partial charge in [-0.25, -0.2) is 0 Å². The number of nitrogens with zero attached hydrogens (tertiary/aromatic N) is 2. The Labute approximate surface area is 124 Å². The molecule has 0 saturated carbocycles. The first-order valence-corrected chi connectivity index (χ1v) is 7.56. The molecule has 21 heavy (non-hydrogen) atoms. The highest BCUT2D eigenvalue weighted by molar-refractivity contribution is 5.89. The van der Waals surface area contributed by atoms with E-state index in [-0.39, 0.29) is 5.92 Å². The number of aliphatic carboxylic acids is 1. The van der Waals surface area contributed by atoms with E-state index in [1.54, 1.807) is 0 Å². The minimum Gasteiger partial charge on any atom is -0.481 e. The van der Waals surface area contributed by atoms with Crippen LogP contribution in [0, 0.1) is 5.92 Å². The number of aromatic nitrogens is 1. The molecule has 4 nitrogen and oxygen atoms in total. The summed E-state index contributed by atoms with van der Waals surface area (Å²) in [4.78, 5) is 13.7. The Morgan fingerprint density at radius 2 is 2.14 bits per heavy atom. The molecule has 0 unspecified atom stereocenters. The first-order chi connectivity index (χ1) is 10.1. The van der Waals surface area contributed by atoms with Crippen LogP contribution < -0.4 is 0 Å². The largest absolute Gasteiger partial charge is 0.481 e. The fraction of sp³-hybridized carbons (Fsp3) is 0.471. The molecule has 0 spiro atoms. The third kappa shape index (κ3) is 1.75. The van der Waals surface area contributed by atoms with Crippen LogP contribution in [0.3, 0.4) is 0 Å². The van der Waals surface area contributed by atoms with Crippen molar-refractivity contribution in [2.75, 3.05) is 13.6 Å².